The van der Waals surface area contributed by atoms with Gasteiger partial charge in [-0.1, -0.05) is 49.4 Å². The Morgan fingerprint density at radius 3 is 2.39 bits per heavy atom. The van der Waals surface area contributed by atoms with Crippen LogP contribution in [0.15, 0.2) is 54.6 Å². The van der Waals surface area contributed by atoms with Gasteiger partial charge in [-0.3, -0.25) is 9.59 Å². The maximum atomic E-state index is 12.8. The van der Waals surface area contributed by atoms with Gasteiger partial charge in [0.05, 0.1) is 18.7 Å². The third-order valence-corrected chi connectivity index (χ3v) is 4.44. The first-order chi connectivity index (χ1) is 11.1. The molecular formula is C19H19NO3. The second kappa shape index (κ2) is 6.24. The van der Waals surface area contributed by atoms with E-state index in [0.717, 1.165) is 5.56 Å². The molecule has 0 unspecified atom stereocenters. The summed E-state index contributed by atoms with van der Waals surface area (Å²) in [5, 5.41) is 0. The van der Waals surface area contributed by atoms with Gasteiger partial charge < -0.3 is 4.74 Å². The maximum absolute atomic E-state index is 12.8. The summed E-state index contributed by atoms with van der Waals surface area (Å²) in [6.07, 6.45) is 0.229. The Kier molecular flexibility index (Phi) is 4.15. The van der Waals surface area contributed by atoms with Crippen LogP contribution in [0.5, 0.6) is 5.75 Å². The van der Waals surface area contributed by atoms with Crippen LogP contribution < -0.4 is 9.64 Å². The van der Waals surface area contributed by atoms with Crippen molar-refractivity contribution in [2.24, 2.45) is 5.92 Å². The summed E-state index contributed by atoms with van der Waals surface area (Å²) in [6, 6.07) is 16.9. The molecule has 0 aromatic heterocycles. The van der Waals surface area contributed by atoms with Crippen molar-refractivity contribution in [2.75, 3.05) is 12.0 Å². The number of nitrogens with zero attached hydrogens (tertiary/aromatic N) is 1. The fraction of sp³-hybridized carbons (Fsp3) is 0.263. The lowest BCUT2D eigenvalue weighted by Crippen LogP contribution is -2.31. The third-order valence-electron chi connectivity index (χ3n) is 4.44. The summed E-state index contributed by atoms with van der Waals surface area (Å²) < 4.78 is 5.29. The van der Waals surface area contributed by atoms with E-state index in [2.05, 4.69) is 0 Å². The predicted octanol–water partition coefficient (Wildman–Crippen LogP) is 3.38. The molecule has 0 spiro atoms. The zero-order valence-corrected chi connectivity index (χ0v) is 13.2. The lowest BCUT2D eigenvalue weighted by molar-refractivity contribution is -0.122. The largest absolute Gasteiger partial charge is 0.495 e. The quantitative estimate of drug-likeness (QED) is 0.813. The number of imide groups is 1. The number of ether oxygens (including phenoxy) is 1. The van der Waals surface area contributed by atoms with Crippen molar-refractivity contribution < 1.29 is 14.3 Å². The van der Waals surface area contributed by atoms with E-state index in [9.17, 15) is 9.59 Å². The van der Waals surface area contributed by atoms with Gasteiger partial charge in [-0.25, -0.2) is 4.90 Å². The SMILES string of the molecule is COc1ccccc1N1C(=O)C[C@@H]([C@H](C)c2ccccc2)C1=O. The number of carbonyl (C=O) groups is 2. The zero-order chi connectivity index (χ0) is 16.4. The molecule has 0 saturated carbocycles. The van der Waals surface area contributed by atoms with E-state index in [4.69, 9.17) is 4.74 Å². The molecule has 0 N–H and O–H groups in total. The van der Waals surface area contributed by atoms with Crippen LogP contribution in [-0.2, 0) is 9.59 Å². The highest BCUT2D eigenvalue weighted by atomic mass is 16.5. The van der Waals surface area contributed by atoms with Crippen LogP contribution in [-0.4, -0.2) is 18.9 Å². The van der Waals surface area contributed by atoms with Crippen molar-refractivity contribution in [1.29, 1.82) is 0 Å². The van der Waals surface area contributed by atoms with Crippen LogP contribution in [0.25, 0.3) is 0 Å². The smallest absolute Gasteiger partial charge is 0.238 e. The first-order valence-electron chi connectivity index (χ1n) is 7.68. The molecule has 4 nitrogen and oxygen atoms in total. The van der Waals surface area contributed by atoms with Gasteiger partial charge in [-0.2, -0.15) is 0 Å². The van der Waals surface area contributed by atoms with E-state index in [1.807, 2.05) is 43.3 Å². The van der Waals surface area contributed by atoms with Gasteiger partial charge in [0.25, 0.3) is 0 Å². The van der Waals surface area contributed by atoms with Crippen molar-refractivity contribution in [3.8, 4) is 5.75 Å². The lowest BCUT2D eigenvalue weighted by atomic mass is 9.86. The minimum atomic E-state index is -0.338. The molecule has 1 aliphatic heterocycles. The minimum Gasteiger partial charge on any atom is -0.495 e. The number of hydrogen-bond donors (Lipinski definition) is 0. The average molecular weight is 309 g/mol. The van der Waals surface area contributed by atoms with Crippen molar-refractivity contribution in [1.82, 2.24) is 0 Å². The Morgan fingerprint density at radius 1 is 1.04 bits per heavy atom. The van der Waals surface area contributed by atoms with Crippen molar-refractivity contribution in [3.63, 3.8) is 0 Å². The zero-order valence-electron chi connectivity index (χ0n) is 13.2. The number of methoxy groups -OCH3 is 1. The molecule has 0 aliphatic carbocycles. The monoisotopic (exact) mass is 309 g/mol. The van der Waals surface area contributed by atoms with E-state index >= 15 is 0 Å². The molecule has 0 bridgehead atoms. The van der Waals surface area contributed by atoms with Crippen molar-refractivity contribution in [3.05, 3.63) is 60.2 Å². The Labute approximate surface area is 135 Å². The fourth-order valence-corrected chi connectivity index (χ4v) is 3.10. The van der Waals surface area contributed by atoms with Gasteiger partial charge in [0, 0.05) is 6.42 Å². The second-order valence-electron chi connectivity index (χ2n) is 5.75. The summed E-state index contributed by atoms with van der Waals surface area (Å²) in [4.78, 5) is 26.6. The molecule has 4 heteroatoms. The molecule has 1 saturated heterocycles. The van der Waals surface area contributed by atoms with E-state index in [1.165, 1.54) is 12.0 Å². The molecule has 23 heavy (non-hydrogen) atoms. The van der Waals surface area contributed by atoms with E-state index in [1.54, 1.807) is 18.2 Å². The molecule has 2 aromatic carbocycles. The average Bonchev–Trinajstić information content (AvgIpc) is 2.89. The molecule has 2 aromatic rings. The Bertz CT molecular complexity index is 726. The van der Waals surface area contributed by atoms with Gasteiger partial charge in [-0.15, -0.1) is 0 Å². The number of amides is 2. The first kappa shape index (κ1) is 15.3. The highest BCUT2D eigenvalue weighted by Gasteiger charge is 2.43. The first-order valence-corrected chi connectivity index (χ1v) is 7.68. The standard InChI is InChI=1S/C19H19NO3/c1-13(14-8-4-3-5-9-14)15-12-18(21)20(19(15)22)16-10-6-7-11-17(16)23-2/h3-11,13,15H,12H2,1-2H3/t13-,15+/m1/s1. The van der Waals surface area contributed by atoms with Gasteiger partial charge in [0.1, 0.15) is 5.75 Å². The third kappa shape index (κ3) is 2.72. The van der Waals surface area contributed by atoms with Crippen LogP contribution in [0.1, 0.15) is 24.8 Å². The Hall–Kier alpha value is -2.62. The van der Waals surface area contributed by atoms with E-state index < -0.39 is 0 Å². The highest BCUT2D eigenvalue weighted by Crippen LogP contribution is 2.38. The van der Waals surface area contributed by atoms with Crippen LogP contribution in [0.2, 0.25) is 0 Å². The maximum Gasteiger partial charge on any atom is 0.238 e. The fourth-order valence-electron chi connectivity index (χ4n) is 3.10. The molecule has 2 atom stereocenters. The van der Waals surface area contributed by atoms with Crippen LogP contribution in [0, 0.1) is 5.92 Å². The van der Waals surface area contributed by atoms with Crippen molar-refractivity contribution >= 4 is 17.5 Å². The number of para-hydroxylation sites is 2. The summed E-state index contributed by atoms with van der Waals surface area (Å²) in [7, 11) is 1.54. The van der Waals surface area contributed by atoms with Gasteiger partial charge in [0.2, 0.25) is 11.8 Å². The van der Waals surface area contributed by atoms with Crippen LogP contribution in [0.4, 0.5) is 5.69 Å². The number of rotatable bonds is 4. The number of hydrogen-bond acceptors (Lipinski definition) is 3. The summed E-state index contributed by atoms with van der Waals surface area (Å²) in [5.41, 5.74) is 1.59. The number of anilines is 1. The molecule has 1 aliphatic rings. The Balaban J connectivity index is 1.91. The number of benzene rings is 2. The van der Waals surface area contributed by atoms with Gasteiger partial charge in [-0.05, 0) is 23.6 Å². The lowest BCUT2D eigenvalue weighted by Gasteiger charge is -2.20. The highest BCUT2D eigenvalue weighted by molar-refractivity contribution is 6.21. The Morgan fingerprint density at radius 2 is 1.70 bits per heavy atom. The minimum absolute atomic E-state index is 0.00708. The van der Waals surface area contributed by atoms with E-state index in [-0.39, 0.29) is 30.1 Å². The molecule has 3 rings (SSSR count). The van der Waals surface area contributed by atoms with Crippen molar-refractivity contribution in [2.45, 2.75) is 19.3 Å². The molecule has 2 amide bonds. The summed E-state index contributed by atoms with van der Waals surface area (Å²) in [6.45, 7) is 2.00. The molecule has 1 fully saturated rings. The molecular weight excluding hydrogens is 290 g/mol. The molecule has 0 radical (unpaired) electrons. The summed E-state index contributed by atoms with van der Waals surface area (Å²) >= 11 is 0. The van der Waals surface area contributed by atoms with Gasteiger partial charge in [0.15, 0.2) is 0 Å². The van der Waals surface area contributed by atoms with Crippen LogP contribution >= 0.6 is 0 Å². The second-order valence-corrected chi connectivity index (χ2v) is 5.75. The number of carbonyl (C=O) groups excluding carboxylic acids is 2. The topological polar surface area (TPSA) is 46.6 Å². The molecule has 1 heterocycles. The predicted molar refractivity (Wildman–Crippen MR) is 88.5 cm³/mol. The van der Waals surface area contributed by atoms with Gasteiger partial charge >= 0.3 is 0 Å². The molecule has 118 valence electrons. The van der Waals surface area contributed by atoms with Crippen LogP contribution in [0.3, 0.4) is 0 Å². The normalized spacial score (nSPS) is 19.0. The van der Waals surface area contributed by atoms with E-state index in [0.29, 0.717) is 11.4 Å². The summed E-state index contributed by atoms with van der Waals surface area (Å²) in [5.74, 6) is -0.146.